The Kier molecular flexibility index (Phi) is 4.60. The molecule has 26 heavy (non-hydrogen) atoms. The number of Topliss-reactive ketones (excluding diaryl/α,β-unsaturated/α-hetero) is 1. The van der Waals surface area contributed by atoms with Crippen LogP contribution in [0.3, 0.4) is 0 Å². The van der Waals surface area contributed by atoms with E-state index in [1.54, 1.807) is 0 Å². The van der Waals surface area contributed by atoms with Gasteiger partial charge in [0.1, 0.15) is 0 Å². The van der Waals surface area contributed by atoms with Gasteiger partial charge in [-0.15, -0.1) is 11.3 Å². The molecule has 1 aliphatic rings. The summed E-state index contributed by atoms with van der Waals surface area (Å²) >= 11 is 1.52. The van der Waals surface area contributed by atoms with Gasteiger partial charge in [0.2, 0.25) is 0 Å². The van der Waals surface area contributed by atoms with Crippen molar-refractivity contribution in [3.05, 3.63) is 69.9 Å². The SMILES string of the molecule is Cc1ccc(C(=O)N2CCCC(C(=O)c3cccc4ccccc34)C2)s1. The summed E-state index contributed by atoms with van der Waals surface area (Å²) in [6.45, 7) is 3.25. The number of carbonyl (C=O) groups excluding carboxylic acids is 2. The Labute approximate surface area is 157 Å². The number of carbonyl (C=O) groups is 2. The molecule has 1 fully saturated rings. The van der Waals surface area contributed by atoms with Crippen molar-refractivity contribution in [1.82, 2.24) is 4.90 Å². The van der Waals surface area contributed by atoms with E-state index in [4.69, 9.17) is 0 Å². The Morgan fingerprint density at radius 2 is 1.85 bits per heavy atom. The normalized spacial score (nSPS) is 17.4. The molecular weight excluding hydrogens is 342 g/mol. The van der Waals surface area contributed by atoms with Crippen LogP contribution in [0, 0.1) is 12.8 Å². The lowest BCUT2D eigenvalue weighted by molar-refractivity contribution is 0.0641. The van der Waals surface area contributed by atoms with Gasteiger partial charge in [-0.2, -0.15) is 0 Å². The molecule has 2 aromatic carbocycles. The van der Waals surface area contributed by atoms with Crippen LogP contribution in [0.5, 0.6) is 0 Å². The zero-order valence-electron chi connectivity index (χ0n) is 14.8. The van der Waals surface area contributed by atoms with Crippen LogP contribution in [0.2, 0.25) is 0 Å². The van der Waals surface area contributed by atoms with Crippen LogP contribution in [-0.2, 0) is 0 Å². The van der Waals surface area contributed by atoms with E-state index < -0.39 is 0 Å². The summed E-state index contributed by atoms with van der Waals surface area (Å²) in [6.07, 6.45) is 1.71. The first-order valence-electron chi connectivity index (χ1n) is 9.01. The van der Waals surface area contributed by atoms with Gasteiger partial charge in [0.15, 0.2) is 5.78 Å². The molecule has 0 saturated carbocycles. The van der Waals surface area contributed by atoms with Crippen LogP contribution in [0.25, 0.3) is 10.8 Å². The molecule has 0 N–H and O–H groups in total. The van der Waals surface area contributed by atoms with E-state index >= 15 is 0 Å². The number of hydrogen-bond donors (Lipinski definition) is 0. The van der Waals surface area contributed by atoms with Crippen molar-refractivity contribution >= 4 is 33.8 Å². The van der Waals surface area contributed by atoms with Gasteiger partial charge in [-0.3, -0.25) is 9.59 Å². The highest BCUT2D eigenvalue weighted by molar-refractivity contribution is 7.13. The van der Waals surface area contributed by atoms with Gasteiger partial charge in [0.05, 0.1) is 4.88 Å². The monoisotopic (exact) mass is 363 g/mol. The third-order valence-corrected chi connectivity index (χ3v) is 6.07. The quantitative estimate of drug-likeness (QED) is 0.618. The van der Waals surface area contributed by atoms with Crippen molar-refractivity contribution in [1.29, 1.82) is 0 Å². The van der Waals surface area contributed by atoms with E-state index in [9.17, 15) is 9.59 Å². The summed E-state index contributed by atoms with van der Waals surface area (Å²) in [5, 5.41) is 2.08. The number of fused-ring (bicyclic) bond motifs is 1. The van der Waals surface area contributed by atoms with E-state index in [0.717, 1.165) is 45.5 Å². The number of rotatable bonds is 3. The lowest BCUT2D eigenvalue weighted by Crippen LogP contribution is -2.42. The maximum Gasteiger partial charge on any atom is 0.263 e. The largest absolute Gasteiger partial charge is 0.337 e. The first kappa shape index (κ1) is 17.0. The predicted molar refractivity (Wildman–Crippen MR) is 106 cm³/mol. The van der Waals surface area contributed by atoms with E-state index in [2.05, 4.69) is 0 Å². The number of thiophene rings is 1. The topological polar surface area (TPSA) is 37.4 Å². The fraction of sp³-hybridized carbons (Fsp3) is 0.273. The van der Waals surface area contributed by atoms with Crippen LogP contribution in [-0.4, -0.2) is 29.7 Å². The highest BCUT2D eigenvalue weighted by atomic mass is 32.1. The molecule has 0 radical (unpaired) electrons. The van der Waals surface area contributed by atoms with Crippen LogP contribution >= 0.6 is 11.3 Å². The molecular formula is C22H21NO2S. The molecule has 132 valence electrons. The molecule has 0 aliphatic carbocycles. The average Bonchev–Trinajstić information content (AvgIpc) is 3.13. The van der Waals surface area contributed by atoms with E-state index in [-0.39, 0.29) is 17.6 Å². The minimum atomic E-state index is -0.125. The fourth-order valence-electron chi connectivity index (χ4n) is 3.74. The van der Waals surface area contributed by atoms with Crippen LogP contribution in [0.4, 0.5) is 0 Å². The average molecular weight is 363 g/mol. The number of nitrogens with zero attached hydrogens (tertiary/aromatic N) is 1. The molecule has 0 bridgehead atoms. The minimum Gasteiger partial charge on any atom is -0.337 e. The Bertz CT molecular complexity index is 970. The second-order valence-corrected chi connectivity index (χ2v) is 8.18. The maximum absolute atomic E-state index is 13.2. The number of aryl methyl sites for hydroxylation is 1. The van der Waals surface area contributed by atoms with Crippen LogP contribution in [0.15, 0.2) is 54.6 Å². The zero-order valence-corrected chi connectivity index (χ0v) is 15.6. The first-order valence-corrected chi connectivity index (χ1v) is 9.83. The second kappa shape index (κ2) is 7.04. The van der Waals surface area contributed by atoms with Crippen molar-refractivity contribution < 1.29 is 9.59 Å². The lowest BCUT2D eigenvalue weighted by atomic mass is 9.88. The molecule has 3 aromatic rings. The summed E-state index contributed by atoms with van der Waals surface area (Å²) in [7, 11) is 0. The Balaban J connectivity index is 1.57. The number of piperidine rings is 1. The van der Waals surface area contributed by atoms with Gasteiger partial charge >= 0.3 is 0 Å². The molecule has 1 saturated heterocycles. The van der Waals surface area contributed by atoms with Crippen molar-refractivity contribution in [3.63, 3.8) is 0 Å². The zero-order chi connectivity index (χ0) is 18.1. The fourth-order valence-corrected chi connectivity index (χ4v) is 4.58. The Morgan fingerprint density at radius 1 is 1.04 bits per heavy atom. The number of likely N-dealkylation sites (tertiary alicyclic amines) is 1. The third kappa shape index (κ3) is 3.17. The van der Waals surface area contributed by atoms with Gasteiger partial charge < -0.3 is 4.90 Å². The van der Waals surface area contributed by atoms with Crippen molar-refractivity contribution in [2.45, 2.75) is 19.8 Å². The summed E-state index contributed by atoms with van der Waals surface area (Å²) < 4.78 is 0. The third-order valence-electron chi connectivity index (χ3n) is 5.09. The summed E-state index contributed by atoms with van der Waals surface area (Å²) in [5.41, 5.74) is 0.773. The molecule has 0 spiro atoms. The van der Waals surface area contributed by atoms with Gasteiger partial charge in [-0.1, -0.05) is 42.5 Å². The summed E-state index contributed by atoms with van der Waals surface area (Å²) in [4.78, 5) is 29.7. The number of benzene rings is 2. The van der Waals surface area contributed by atoms with Crippen LogP contribution < -0.4 is 0 Å². The maximum atomic E-state index is 13.2. The molecule has 1 atom stereocenters. The van der Waals surface area contributed by atoms with Crippen molar-refractivity contribution in [3.8, 4) is 0 Å². The predicted octanol–water partition coefficient (Wildman–Crippen LogP) is 4.94. The standard InChI is InChI=1S/C22H21NO2S/c1-15-11-12-20(26-15)22(25)23-13-5-8-17(14-23)21(24)19-10-4-7-16-6-2-3-9-18(16)19/h2-4,6-7,9-12,17H,5,8,13-14H2,1H3. The molecule has 4 heteroatoms. The molecule has 4 rings (SSSR count). The molecule has 2 heterocycles. The lowest BCUT2D eigenvalue weighted by Gasteiger charge is -2.32. The molecule has 3 nitrogen and oxygen atoms in total. The van der Waals surface area contributed by atoms with E-state index in [0.29, 0.717) is 6.54 Å². The first-order chi connectivity index (χ1) is 12.6. The smallest absolute Gasteiger partial charge is 0.263 e. The number of hydrogen-bond acceptors (Lipinski definition) is 3. The Hall–Kier alpha value is -2.46. The molecule has 1 amide bonds. The second-order valence-electron chi connectivity index (χ2n) is 6.89. The minimum absolute atomic E-state index is 0.0542. The number of amides is 1. The Morgan fingerprint density at radius 3 is 2.65 bits per heavy atom. The number of ketones is 1. The van der Waals surface area contributed by atoms with Gasteiger partial charge in [-0.05, 0) is 42.7 Å². The molecule has 1 unspecified atom stereocenters. The summed E-state index contributed by atoms with van der Waals surface area (Å²) in [6, 6.07) is 17.7. The molecule has 1 aromatic heterocycles. The van der Waals surface area contributed by atoms with Gasteiger partial charge in [-0.25, -0.2) is 0 Å². The van der Waals surface area contributed by atoms with Gasteiger partial charge in [0, 0.05) is 29.4 Å². The van der Waals surface area contributed by atoms with Crippen molar-refractivity contribution in [2.75, 3.05) is 13.1 Å². The van der Waals surface area contributed by atoms with E-state index in [1.165, 1.54) is 11.3 Å². The van der Waals surface area contributed by atoms with Crippen molar-refractivity contribution in [2.24, 2.45) is 5.92 Å². The molecule has 1 aliphatic heterocycles. The van der Waals surface area contributed by atoms with E-state index in [1.807, 2.05) is 66.4 Å². The highest BCUT2D eigenvalue weighted by Crippen LogP contribution is 2.27. The summed E-state index contributed by atoms with van der Waals surface area (Å²) in [5.74, 6) is 0.0831. The van der Waals surface area contributed by atoms with Gasteiger partial charge in [0.25, 0.3) is 5.91 Å². The van der Waals surface area contributed by atoms with Crippen LogP contribution in [0.1, 0.15) is 37.7 Å². The highest BCUT2D eigenvalue weighted by Gasteiger charge is 2.30.